The summed E-state index contributed by atoms with van der Waals surface area (Å²) in [4.78, 5) is 22.9. The summed E-state index contributed by atoms with van der Waals surface area (Å²) in [7, 11) is 0. The predicted octanol–water partition coefficient (Wildman–Crippen LogP) is 3.75. The maximum Gasteiger partial charge on any atom is 0.326 e. The van der Waals surface area contributed by atoms with Gasteiger partial charge in [-0.15, -0.1) is 11.3 Å². The van der Waals surface area contributed by atoms with Gasteiger partial charge in [-0.25, -0.2) is 4.79 Å². The number of aliphatic carboxylic acids is 1. The Balaban J connectivity index is 1.73. The Bertz CT molecular complexity index is 528. The summed E-state index contributed by atoms with van der Waals surface area (Å²) in [6.07, 6.45) is 4.24. The number of carboxylic acids is 1. The second-order valence-corrected chi connectivity index (χ2v) is 7.63. The zero-order valence-corrected chi connectivity index (χ0v) is 13.7. The minimum absolute atomic E-state index is 0.222. The van der Waals surface area contributed by atoms with Gasteiger partial charge in [0.15, 0.2) is 0 Å². The monoisotopic (exact) mass is 349 g/mol. The fraction of sp³-hybridized carbons (Fsp3) is 0.571. The summed E-state index contributed by atoms with van der Waals surface area (Å²) < 4.78 is 1.28. The van der Waals surface area contributed by atoms with E-state index < -0.39 is 12.0 Å². The third kappa shape index (κ3) is 5.49. The number of hydrogen-bond donors (Lipinski definition) is 2. The zero-order valence-electron chi connectivity index (χ0n) is 11.4. The summed E-state index contributed by atoms with van der Waals surface area (Å²) in [5.41, 5.74) is 0.937. The second-order valence-electron chi connectivity index (χ2n) is 5.34. The molecular weight excluding hydrogens is 333 g/mol. The Morgan fingerprint density at radius 1 is 1.43 bits per heavy atom. The van der Waals surface area contributed by atoms with E-state index in [0.717, 1.165) is 18.4 Å². The highest BCUT2D eigenvalue weighted by atomic mass is 35.5. The zero-order chi connectivity index (χ0) is 15.4. The van der Waals surface area contributed by atoms with Gasteiger partial charge in [-0.05, 0) is 36.8 Å². The number of carbonyl (C=O) groups excluding carboxylic acids is 1. The number of halogens is 2. The molecule has 0 aliphatic heterocycles. The van der Waals surface area contributed by atoms with E-state index in [9.17, 15) is 9.59 Å². The summed E-state index contributed by atoms with van der Waals surface area (Å²) in [6.45, 7) is 0. The van der Waals surface area contributed by atoms with E-state index in [4.69, 9.17) is 28.3 Å². The van der Waals surface area contributed by atoms with Crippen molar-refractivity contribution in [2.45, 2.75) is 44.6 Å². The molecule has 2 N–H and O–H groups in total. The van der Waals surface area contributed by atoms with E-state index >= 15 is 0 Å². The average Bonchev–Trinajstić information content (AvgIpc) is 3.14. The van der Waals surface area contributed by atoms with Crippen molar-refractivity contribution in [2.24, 2.45) is 5.92 Å². The molecule has 116 valence electrons. The minimum atomic E-state index is -0.956. The van der Waals surface area contributed by atoms with Crippen LogP contribution in [0.4, 0.5) is 0 Å². The fourth-order valence-electron chi connectivity index (χ4n) is 2.16. The molecule has 0 saturated heterocycles. The van der Waals surface area contributed by atoms with E-state index in [2.05, 4.69) is 5.32 Å². The largest absolute Gasteiger partial charge is 0.480 e. The lowest BCUT2D eigenvalue weighted by Gasteiger charge is -2.13. The first-order valence-electron chi connectivity index (χ1n) is 6.91. The highest BCUT2D eigenvalue weighted by Gasteiger charge is 2.29. The molecule has 0 bridgehead atoms. The number of aryl methyl sites for hydroxylation is 1. The quantitative estimate of drug-likeness (QED) is 0.750. The molecule has 1 aromatic heterocycles. The first-order chi connectivity index (χ1) is 9.95. The van der Waals surface area contributed by atoms with Crippen molar-refractivity contribution in [3.05, 3.63) is 20.3 Å². The van der Waals surface area contributed by atoms with E-state index in [1.54, 1.807) is 6.07 Å². The van der Waals surface area contributed by atoms with E-state index in [1.807, 2.05) is 0 Å². The van der Waals surface area contributed by atoms with Gasteiger partial charge in [-0.2, -0.15) is 0 Å². The van der Waals surface area contributed by atoms with Crippen molar-refractivity contribution in [1.29, 1.82) is 0 Å². The highest BCUT2D eigenvalue weighted by Crippen LogP contribution is 2.34. The van der Waals surface area contributed by atoms with Crippen LogP contribution >= 0.6 is 34.5 Å². The van der Waals surface area contributed by atoms with Crippen molar-refractivity contribution in [1.82, 2.24) is 5.32 Å². The smallest absolute Gasteiger partial charge is 0.326 e. The Hall–Kier alpha value is -0.780. The standard InChI is InChI=1S/C14H17Cl2NO3S/c15-11-7-9(13(16)21-11)2-1-3-12(18)17-10(14(19)20)6-8-4-5-8/h7-8,10H,1-6H2,(H,17,18)(H,19,20). The lowest BCUT2D eigenvalue weighted by molar-refractivity contribution is -0.142. The maximum atomic E-state index is 11.8. The maximum absolute atomic E-state index is 11.8. The number of hydrogen-bond acceptors (Lipinski definition) is 3. The van der Waals surface area contributed by atoms with Crippen LogP contribution in [0.2, 0.25) is 8.67 Å². The van der Waals surface area contributed by atoms with Crippen molar-refractivity contribution in [2.75, 3.05) is 0 Å². The first-order valence-corrected chi connectivity index (χ1v) is 8.49. The third-order valence-electron chi connectivity index (χ3n) is 3.48. The number of nitrogens with one attached hydrogen (secondary N) is 1. The van der Waals surface area contributed by atoms with Crippen LogP contribution in [0.5, 0.6) is 0 Å². The van der Waals surface area contributed by atoms with E-state index in [0.29, 0.717) is 33.9 Å². The third-order valence-corrected chi connectivity index (χ3v) is 5.05. The molecule has 1 aliphatic rings. The molecule has 2 rings (SSSR count). The number of carbonyl (C=O) groups is 2. The molecule has 1 atom stereocenters. The molecule has 4 nitrogen and oxygen atoms in total. The summed E-state index contributed by atoms with van der Waals surface area (Å²) in [5, 5.41) is 11.7. The van der Waals surface area contributed by atoms with Crippen LogP contribution in [0.3, 0.4) is 0 Å². The highest BCUT2D eigenvalue weighted by molar-refractivity contribution is 7.20. The second kappa shape index (κ2) is 7.47. The molecule has 0 aromatic carbocycles. The van der Waals surface area contributed by atoms with Gasteiger partial charge in [0.05, 0.1) is 8.67 Å². The van der Waals surface area contributed by atoms with E-state index in [1.165, 1.54) is 11.3 Å². The normalized spacial score (nSPS) is 15.7. The molecule has 1 aliphatic carbocycles. The molecule has 21 heavy (non-hydrogen) atoms. The molecule has 1 saturated carbocycles. The average molecular weight is 350 g/mol. The Morgan fingerprint density at radius 2 is 2.14 bits per heavy atom. The van der Waals surface area contributed by atoms with Crippen molar-refractivity contribution in [3.8, 4) is 0 Å². The Labute approximate surface area is 137 Å². The number of rotatable bonds is 8. The molecule has 7 heteroatoms. The molecule has 1 aromatic rings. The molecule has 0 spiro atoms. The van der Waals surface area contributed by atoms with Gasteiger partial charge in [0, 0.05) is 6.42 Å². The fourth-order valence-corrected chi connectivity index (χ4v) is 3.70. The van der Waals surface area contributed by atoms with Gasteiger partial charge in [0.25, 0.3) is 0 Å². The summed E-state index contributed by atoms with van der Waals surface area (Å²) >= 11 is 13.2. The molecule has 1 heterocycles. The van der Waals surface area contributed by atoms with Gasteiger partial charge in [-0.1, -0.05) is 36.0 Å². The predicted molar refractivity (Wildman–Crippen MR) is 84.2 cm³/mol. The van der Waals surface area contributed by atoms with Crippen LogP contribution in [0.15, 0.2) is 6.07 Å². The lowest BCUT2D eigenvalue weighted by Crippen LogP contribution is -2.41. The van der Waals surface area contributed by atoms with Crippen molar-refractivity contribution in [3.63, 3.8) is 0 Å². The van der Waals surface area contributed by atoms with Crippen molar-refractivity contribution >= 4 is 46.4 Å². The molecule has 1 fully saturated rings. The van der Waals surface area contributed by atoms with Crippen LogP contribution in [-0.4, -0.2) is 23.0 Å². The van der Waals surface area contributed by atoms with Gasteiger partial charge in [-0.3, -0.25) is 4.79 Å². The van der Waals surface area contributed by atoms with Gasteiger partial charge in [0.2, 0.25) is 5.91 Å². The molecular formula is C14H17Cl2NO3S. The van der Waals surface area contributed by atoms with Gasteiger partial charge >= 0.3 is 5.97 Å². The minimum Gasteiger partial charge on any atom is -0.480 e. The number of carboxylic acid groups (broad SMARTS) is 1. The van der Waals surface area contributed by atoms with Crippen LogP contribution < -0.4 is 5.32 Å². The molecule has 1 amide bonds. The Kier molecular flexibility index (Phi) is 5.90. The van der Waals surface area contributed by atoms with Gasteiger partial charge < -0.3 is 10.4 Å². The molecule has 1 unspecified atom stereocenters. The van der Waals surface area contributed by atoms with Crippen LogP contribution in [0.25, 0.3) is 0 Å². The summed E-state index contributed by atoms with van der Waals surface area (Å²) in [6, 6.07) is 1.05. The number of thiophene rings is 1. The summed E-state index contributed by atoms with van der Waals surface area (Å²) in [5.74, 6) is -0.721. The van der Waals surface area contributed by atoms with Crippen molar-refractivity contribution < 1.29 is 14.7 Å². The van der Waals surface area contributed by atoms with E-state index in [-0.39, 0.29) is 12.3 Å². The van der Waals surface area contributed by atoms with Crippen LogP contribution in [0, 0.1) is 5.92 Å². The SMILES string of the molecule is O=C(CCCc1cc(Cl)sc1Cl)NC(CC1CC1)C(=O)O. The van der Waals surface area contributed by atoms with Crippen LogP contribution in [-0.2, 0) is 16.0 Å². The lowest BCUT2D eigenvalue weighted by atomic mass is 10.1. The van der Waals surface area contributed by atoms with Crippen LogP contribution in [0.1, 0.15) is 37.7 Å². The topological polar surface area (TPSA) is 66.4 Å². The van der Waals surface area contributed by atoms with Gasteiger partial charge in [0.1, 0.15) is 6.04 Å². The Morgan fingerprint density at radius 3 is 2.67 bits per heavy atom. The molecule has 0 radical (unpaired) electrons. The number of amides is 1. The first kappa shape index (κ1) is 16.6.